The van der Waals surface area contributed by atoms with Crippen molar-refractivity contribution in [2.45, 2.75) is 25.3 Å². The molecule has 1 unspecified atom stereocenters. The molecule has 1 atom stereocenters. The van der Waals surface area contributed by atoms with Gasteiger partial charge >= 0.3 is 0 Å². The van der Waals surface area contributed by atoms with Crippen LogP contribution in [0.5, 0.6) is 0 Å². The van der Waals surface area contributed by atoms with E-state index in [1.165, 1.54) is 19.3 Å². The van der Waals surface area contributed by atoms with E-state index in [1.807, 2.05) is 12.3 Å². The number of anilines is 1. The van der Waals surface area contributed by atoms with Crippen LogP contribution in [0.3, 0.4) is 0 Å². The van der Waals surface area contributed by atoms with E-state index in [2.05, 4.69) is 31.9 Å². The first kappa shape index (κ1) is 11.2. The quantitative estimate of drug-likeness (QED) is 0.775. The fraction of sp³-hybridized carbons (Fsp3) is 0.545. The fourth-order valence-electron chi connectivity index (χ4n) is 2.00. The third-order valence-electron chi connectivity index (χ3n) is 2.81. The first-order valence-corrected chi connectivity index (χ1v) is 6.58. The van der Waals surface area contributed by atoms with Gasteiger partial charge in [-0.05, 0) is 47.3 Å². The molecule has 0 aromatic carbocycles. The summed E-state index contributed by atoms with van der Waals surface area (Å²) in [4.78, 5) is 6.74. The van der Waals surface area contributed by atoms with E-state index >= 15 is 0 Å². The number of aromatic nitrogens is 1. The number of nitrogens with zero attached hydrogens (tertiary/aromatic N) is 2. The van der Waals surface area contributed by atoms with Crippen molar-refractivity contribution in [1.29, 1.82) is 0 Å². The van der Waals surface area contributed by atoms with E-state index in [4.69, 9.17) is 11.6 Å². The summed E-state index contributed by atoms with van der Waals surface area (Å²) in [5.41, 5.74) is 0. The molecular weight excluding hydrogens is 275 g/mol. The maximum atomic E-state index is 5.98. The zero-order valence-corrected chi connectivity index (χ0v) is 10.8. The lowest BCUT2D eigenvalue weighted by atomic mass is 10.0. The van der Waals surface area contributed by atoms with Gasteiger partial charge in [0.1, 0.15) is 5.82 Å². The second kappa shape index (κ2) is 5.17. The van der Waals surface area contributed by atoms with E-state index in [-0.39, 0.29) is 0 Å². The van der Waals surface area contributed by atoms with Gasteiger partial charge in [0.05, 0.1) is 0 Å². The summed E-state index contributed by atoms with van der Waals surface area (Å²) in [6, 6.07) is 4.53. The highest BCUT2D eigenvalue weighted by Gasteiger charge is 2.22. The lowest BCUT2D eigenvalue weighted by Gasteiger charge is -2.35. The van der Waals surface area contributed by atoms with Crippen molar-refractivity contribution in [3.05, 3.63) is 22.8 Å². The van der Waals surface area contributed by atoms with Crippen molar-refractivity contribution in [3.8, 4) is 0 Å². The molecule has 1 aliphatic heterocycles. The molecule has 15 heavy (non-hydrogen) atoms. The zero-order valence-electron chi connectivity index (χ0n) is 8.50. The summed E-state index contributed by atoms with van der Waals surface area (Å²) < 4.78 is 1.02. The normalized spacial score (nSPS) is 21.7. The van der Waals surface area contributed by atoms with Gasteiger partial charge in [0.2, 0.25) is 0 Å². The molecule has 1 fully saturated rings. The Kier molecular flexibility index (Phi) is 3.87. The minimum Gasteiger partial charge on any atom is -0.352 e. The van der Waals surface area contributed by atoms with Crippen LogP contribution in [0.15, 0.2) is 22.8 Å². The highest BCUT2D eigenvalue weighted by molar-refractivity contribution is 9.10. The van der Waals surface area contributed by atoms with Crippen molar-refractivity contribution < 1.29 is 0 Å². The summed E-state index contributed by atoms with van der Waals surface area (Å²) in [6.45, 7) is 1.08. The van der Waals surface area contributed by atoms with Gasteiger partial charge < -0.3 is 4.90 Å². The van der Waals surface area contributed by atoms with E-state index < -0.39 is 0 Å². The molecule has 0 aliphatic carbocycles. The van der Waals surface area contributed by atoms with Crippen molar-refractivity contribution in [3.63, 3.8) is 0 Å². The minimum absolute atomic E-state index is 0.453. The molecule has 82 valence electrons. The molecule has 0 spiro atoms. The van der Waals surface area contributed by atoms with Gasteiger partial charge in [-0.25, -0.2) is 4.98 Å². The minimum atomic E-state index is 0.453. The van der Waals surface area contributed by atoms with E-state index in [0.29, 0.717) is 11.9 Å². The lowest BCUT2D eigenvalue weighted by molar-refractivity contribution is 0.484. The topological polar surface area (TPSA) is 16.1 Å². The number of halogens is 2. The summed E-state index contributed by atoms with van der Waals surface area (Å²) in [6.07, 6.45) is 5.55. The van der Waals surface area contributed by atoms with Crippen LogP contribution in [0.4, 0.5) is 5.82 Å². The van der Waals surface area contributed by atoms with Crippen molar-refractivity contribution in [2.75, 3.05) is 17.3 Å². The maximum absolute atomic E-state index is 5.98. The third-order valence-corrected chi connectivity index (χ3v) is 3.64. The van der Waals surface area contributed by atoms with Gasteiger partial charge in [-0.1, -0.05) is 0 Å². The first-order chi connectivity index (χ1) is 7.31. The highest BCUT2D eigenvalue weighted by atomic mass is 79.9. The van der Waals surface area contributed by atoms with Gasteiger partial charge in [-0.15, -0.1) is 11.6 Å². The number of hydrogen-bond donors (Lipinski definition) is 0. The standard InChI is InChI=1S/C11H14BrClN2/c12-9-4-5-11(14-8-9)15-6-2-1-3-10(15)7-13/h4-5,8,10H,1-3,6-7H2. The van der Waals surface area contributed by atoms with Crippen LogP contribution >= 0.6 is 27.5 Å². The Morgan fingerprint density at radius 3 is 3.00 bits per heavy atom. The molecule has 2 rings (SSSR count). The molecule has 0 N–H and O–H groups in total. The molecule has 1 saturated heterocycles. The van der Waals surface area contributed by atoms with Gasteiger partial charge in [0.25, 0.3) is 0 Å². The largest absolute Gasteiger partial charge is 0.352 e. The summed E-state index contributed by atoms with van der Waals surface area (Å²) in [7, 11) is 0. The second-order valence-electron chi connectivity index (χ2n) is 3.83. The van der Waals surface area contributed by atoms with Crippen molar-refractivity contribution in [1.82, 2.24) is 4.98 Å². The molecule has 4 heteroatoms. The third kappa shape index (κ3) is 2.64. The number of rotatable bonds is 2. The lowest BCUT2D eigenvalue weighted by Crippen LogP contribution is -2.41. The SMILES string of the molecule is ClCC1CCCCN1c1ccc(Br)cn1. The molecule has 1 aromatic rings. The van der Waals surface area contributed by atoms with E-state index in [0.717, 1.165) is 16.8 Å². The van der Waals surface area contributed by atoms with Crippen molar-refractivity contribution >= 4 is 33.3 Å². The van der Waals surface area contributed by atoms with Crippen LogP contribution in [0.1, 0.15) is 19.3 Å². The molecule has 2 nitrogen and oxygen atoms in total. The van der Waals surface area contributed by atoms with Crippen molar-refractivity contribution in [2.24, 2.45) is 0 Å². The van der Waals surface area contributed by atoms with Crippen LogP contribution in [-0.2, 0) is 0 Å². The van der Waals surface area contributed by atoms with Crippen LogP contribution in [0.2, 0.25) is 0 Å². The Morgan fingerprint density at radius 2 is 2.33 bits per heavy atom. The molecule has 0 radical (unpaired) electrons. The average molecular weight is 290 g/mol. The Labute approximate surface area is 104 Å². The first-order valence-electron chi connectivity index (χ1n) is 5.25. The molecule has 0 bridgehead atoms. The number of piperidine rings is 1. The van der Waals surface area contributed by atoms with E-state index in [1.54, 1.807) is 0 Å². The average Bonchev–Trinajstić information content (AvgIpc) is 2.30. The summed E-state index contributed by atoms with van der Waals surface area (Å²) in [5.74, 6) is 1.74. The monoisotopic (exact) mass is 288 g/mol. The van der Waals surface area contributed by atoms with Crippen LogP contribution in [0.25, 0.3) is 0 Å². The molecular formula is C11H14BrClN2. The van der Waals surface area contributed by atoms with Gasteiger partial charge in [0.15, 0.2) is 0 Å². The molecule has 2 heterocycles. The summed E-state index contributed by atoms with van der Waals surface area (Å²) in [5, 5.41) is 0. The molecule has 1 aromatic heterocycles. The van der Waals surface area contributed by atoms with Gasteiger partial charge in [0, 0.05) is 29.1 Å². The zero-order chi connectivity index (χ0) is 10.7. The predicted molar refractivity (Wildman–Crippen MR) is 67.6 cm³/mol. The van der Waals surface area contributed by atoms with E-state index in [9.17, 15) is 0 Å². The number of alkyl halides is 1. The molecule has 0 amide bonds. The molecule has 1 aliphatic rings. The smallest absolute Gasteiger partial charge is 0.128 e. The predicted octanol–water partition coefficient (Wildman–Crippen LogP) is 3.44. The van der Waals surface area contributed by atoms with Crippen LogP contribution in [-0.4, -0.2) is 23.5 Å². The Balaban J connectivity index is 2.16. The number of pyridine rings is 1. The van der Waals surface area contributed by atoms with Crippen LogP contribution in [0, 0.1) is 0 Å². The Morgan fingerprint density at radius 1 is 1.47 bits per heavy atom. The second-order valence-corrected chi connectivity index (χ2v) is 5.06. The fourth-order valence-corrected chi connectivity index (χ4v) is 2.56. The molecule has 0 saturated carbocycles. The Hall–Kier alpha value is -0.280. The van der Waals surface area contributed by atoms with Gasteiger partial charge in [-0.3, -0.25) is 0 Å². The van der Waals surface area contributed by atoms with Crippen LogP contribution < -0.4 is 4.90 Å². The number of hydrogen-bond acceptors (Lipinski definition) is 2. The maximum Gasteiger partial charge on any atom is 0.128 e. The van der Waals surface area contributed by atoms with Gasteiger partial charge in [-0.2, -0.15) is 0 Å². The Bertz CT molecular complexity index is 315. The highest BCUT2D eigenvalue weighted by Crippen LogP contribution is 2.24. The summed E-state index contributed by atoms with van der Waals surface area (Å²) >= 11 is 9.37.